The van der Waals surface area contributed by atoms with Gasteiger partial charge in [0.1, 0.15) is 18.0 Å². The molecule has 118 valence electrons. The molecule has 22 heavy (non-hydrogen) atoms. The zero-order valence-electron chi connectivity index (χ0n) is 13.4. The highest BCUT2D eigenvalue weighted by Gasteiger charge is 2.67. The average molecular weight is 300 g/mol. The van der Waals surface area contributed by atoms with Gasteiger partial charge in [-0.2, -0.15) is 0 Å². The van der Waals surface area contributed by atoms with E-state index in [4.69, 9.17) is 4.74 Å². The highest BCUT2D eigenvalue weighted by molar-refractivity contribution is 5.98. The molecule has 4 fully saturated rings. The molecule has 1 aliphatic heterocycles. The summed E-state index contributed by atoms with van der Waals surface area (Å²) in [5, 5.41) is 0. The van der Waals surface area contributed by atoms with Gasteiger partial charge in [0, 0.05) is 17.3 Å². The molecular formula is C19H24O3. The van der Waals surface area contributed by atoms with Crippen molar-refractivity contribution in [3.8, 4) is 0 Å². The maximum absolute atomic E-state index is 12.4. The molecule has 1 saturated heterocycles. The van der Waals surface area contributed by atoms with Crippen LogP contribution in [0.4, 0.5) is 0 Å². The van der Waals surface area contributed by atoms with Gasteiger partial charge < -0.3 is 4.74 Å². The van der Waals surface area contributed by atoms with E-state index in [1.54, 1.807) is 0 Å². The number of carbonyl (C=O) groups is 2. The molecule has 3 nitrogen and oxygen atoms in total. The first-order valence-electron chi connectivity index (χ1n) is 8.90. The number of Topliss-reactive ketones (excluding diaryl/α,β-unsaturated/α-hetero) is 1. The van der Waals surface area contributed by atoms with Crippen LogP contribution in [0.5, 0.6) is 0 Å². The van der Waals surface area contributed by atoms with Crippen LogP contribution in [0.3, 0.4) is 0 Å². The second-order valence-electron chi connectivity index (χ2n) is 8.67. The van der Waals surface area contributed by atoms with Crippen LogP contribution in [-0.4, -0.2) is 23.8 Å². The highest BCUT2D eigenvalue weighted by atomic mass is 16.6. The van der Waals surface area contributed by atoms with Gasteiger partial charge in [-0.1, -0.05) is 19.4 Å². The van der Waals surface area contributed by atoms with Crippen molar-refractivity contribution in [1.82, 2.24) is 0 Å². The minimum absolute atomic E-state index is 0.0501. The monoisotopic (exact) mass is 300 g/mol. The van der Waals surface area contributed by atoms with Crippen LogP contribution in [-0.2, 0) is 14.3 Å². The van der Waals surface area contributed by atoms with Crippen LogP contribution < -0.4 is 0 Å². The largest absolute Gasteiger partial charge is 0.360 e. The Bertz CT molecular complexity index is 620. The van der Waals surface area contributed by atoms with Crippen molar-refractivity contribution in [2.45, 2.75) is 64.6 Å². The van der Waals surface area contributed by atoms with Crippen LogP contribution in [0, 0.1) is 28.6 Å². The quantitative estimate of drug-likeness (QED) is 0.646. The summed E-state index contributed by atoms with van der Waals surface area (Å²) in [7, 11) is 0. The fourth-order valence-corrected chi connectivity index (χ4v) is 6.70. The summed E-state index contributed by atoms with van der Waals surface area (Å²) >= 11 is 0. The Balaban J connectivity index is 1.56. The molecule has 0 radical (unpaired) electrons. The zero-order chi connectivity index (χ0) is 15.3. The maximum atomic E-state index is 12.4. The number of fused-ring (bicyclic) bond motifs is 7. The van der Waals surface area contributed by atoms with Gasteiger partial charge in [0.2, 0.25) is 0 Å². The predicted molar refractivity (Wildman–Crippen MR) is 81.1 cm³/mol. The Morgan fingerprint density at radius 1 is 1.09 bits per heavy atom. The molecule has 0 aromatic carbocycles. The fraction of sp³-hybridized carbons (Fsp3) is 0.789. The van der Waals surface area contributed by atoms with E-state index >= 15 is 0 Å². The normalized spacial score (nSPS) is 55.7. The predicted octanol–water partition coefficient (Wildman–Crippen LogP) is 3.07. The number of ether oxygens (including phenoxy) is 1. The van der Waals surface area contributed by atoms with E-state index in [2.05, 4.69) is 13.8 Å². The SMILES string of the molecule is C[C@@]12C(=CC(=O)[C@H]3O[C@H]31)CC[C@@H]1[C@@H]2CC[C@]2(C)C(=O)CC[C@@H]12. The molecule has 0 aromatic rings. The molecule has 0 unspecified atom stereocenters. The minimum Gasteiger partial charge on any atom is -0.360 e. The number of hydrogen-bond donors (Lipinski definition) is 0. The minimum atomic E-state index is -0.161. The van der Waals surface area contributed by atoms with Crippen LogP contribution in [0.2, 0.25) is 0 Å². The molecular weight excluding hydrogens is 276 g/mol. The van der Waals surface area contributed by atoms with Crippen molar-refractivity contribution in [3.63, 3.8) is 0 Å². The number of hydrogen-bond acceptors (Lipinski definition) is 3. The van der Waals surface area contributed by atoms with Crippen LogP contribution in [0.1, 0.15) is 52.4 Å². The molecule has 3 saturated carbocycles. The van der Waals surface area contributed by atoms with E-state index in [9.17, 15) is 9.59 Å². The van der Waals surface area contributed by atoms with E-state index < -0.39 is 0 Å². The summed E-state index contributed by atoms with van der Waals surface area (Å²) in [5.41, 5.74) is 1.33. The highest BCUT2D eigenvalue weighted by Crippen LogP contribution is 2.66. The molecule has 0 N–H and O–H groups in total. The van der Waals surface area contributed by atoms with Crippen LogP contribution in [0.25, 0.3) is 0 Å². The summed E-state index contributed by atoms with van der Waals surface area (Å²) in [4.78, 5) is 24.4. The lowest BCUT2D eigenvalue weighted by Gasteiger charge is -2.56. The third-order valence-corrected chi connectivity index (χ3v) is 8.03. The molecule has 5 aliphatic rings. The van der Waals surface area contributed by atoms with Gasteiger partial charge in [-0.25, -0.2) is 0 Å². The molecule has 4 aliphatic carbocycles. The summed E-state index contributed by atoms with van der Waals surface area (Å²) in [6.45, 7) is 4.56. The number of ketones is 2. The Hall–Kier alpha value is -0.960. The van der Waals surface area contributed by atoms with Crippen molar-refractivity contribution in [3.05, 3.63) is 11.6 Å². The fourth-order valence-electron chi connectivity index (χ4n) is 6.70. The van der Waals surface area contributed by atoms with Crippen molar-refractivity contribution in [1.29, 1.82) is 0 Å². The van der Waals surface area contributed by atoms with E-state index in [1.165, 1.54) is 5.57 Å². The summed E-state index contributed by atoms with van der Waals surface area (Å²) in [6.07, 6.45) is 8.06. The number of carbonyl (C=O) groups excluding carboxylic acids is 2. The second kappa shape index (κ2) is 3.92. The smallest absolute Gasteiger partial charge is 0.187 e. The van der Waals surface area contributed by atoms with Gasteiger partial charge in [-0.15, -0.1) is 0 Å². The van der Waals surface area contributed by atoms with Crippen molar-refractivity contribution < 1.29 is 14.3 Å². The van der Waals surface area contributed by atoms with Gasteiger partial charge in [-0.3, -0.25) is 9.59 Å². The topological polar surface area (TPSA) is 46.7 Å². The van der Waals surface area contributed by atoms with E-state index in [0.717, 1.165) is 38.5 Å². The van der Waals surface area contributed by atoms with Crippen molar-refractivity contribution >= 4 is 11.6 Å². The van der Waals surface area contributed by atoms with E-state index in [-0.39, 0.29) is 28.8 Å². The number of rotatable bonds is 0. The molecule has 7 atom stereocenters. The Labute approximate surface area is 131 Å². The maximum Gasteiger partial charge on any atom is 0.187 e. The first kappa shape index (κ1) is 13.5. The summed E-state index contributed by atoms with van der Waals surface area (Å²) in [5.74, 6) is 2.49. The average Bonchev–Trinajstić information content (AvgIpc) is 3.24. The Morgan fingerprint density at radius 2 is 1.91 bits per heavy atom. The molecule has 0 amide bonds. The van der Waals surface area contributed by atoms with E-state index in [1.807, 2.05) is 6.08 Å². The lowest BCUT2D eigenvalue weighted by molar-refractivity contribution is -0.132. The lowest BCUT2D eigenvalue weighted by atomic mass is 9.47. The molecule has 0 bridgehead atoms. The van der Waals surface area contributed by atoms with E-state index in [0.29, 0.717) is 23.5 Å². The Morgan fingerprint density at radius 3 is 2.73 bits per heavy atom. The molecule has 5 rings (SSSR count). The van der Waals surface area contributed by atoms with Crippen molar-refractivity contribution in [2.75, 3.05) is 0 Å². The van der Waals surface area contributed by atoms with Crippen LogP contribution in [0.15, 0.2) is 11.6 Å². The van der Waals surface area contributed by atoms with Gasteiger partial charge in [-0.05, 0) is 55.9 Å². The Kier molecular flexibility index (Phi) is 2.40. The molecule has 3 heteroatoms. The zero-order valence-corrected chi connectivity index (χ0v) is 13.4. The molecule has 0 aromatic heterocycles. The van der Waals surface area contributed by atoms with Crippen LogP contribution >= 0.6 is 0 Å². The standard InChI is InChI=1S/C19H24O3/c1-18-8-7-13-11(12(18)5-6-15(18)21)4-3-10-9-14(20)16-17(22-16)19(10,13)2/h9,11-13,16-17H,3-8H2,1-2H3/t11-,12-,13-,16+,17+,18-,19-/m0/s1. The van der Waals surface area contributed by atoms with Gasteiger partial charge in [0.25, 0.3) is 0 Å². The van der Waals surface area contributed by atoms with Gasteiger partial charge in [0.05, 0.1) is 0 Å². The first-order chi connectivity index (χ1) is 10.5. The van der Waals surface area contributed by atoms with Gasteiger partial charge >= 0.3 is 0 Å². The summed E-state index contributed by atoms with van der Waals surface area (Å²) in [6, 6.07) is 0. The second-order valence-corrected chi connectivity index (χ2v) is 8.67. The molecule has 1 heterocycles. The third-order valence-electron chi connectivity index (χ3n) is 8.03. The molecule has 0 spiro atoms. The summed E-state index contributed by atoms with van der Waals surface area (Å²) < 4.78 is 5.80. The first-order valence-corrected chi connectivity index (χ1v) is 8.90. The number of epoxide rings is 1. The van der Waals surface area contributed by atoms with Crippen molar-refractivity contribution in [2.24, 2.45) is 28.6 Å². The lowest BCUT2D eigenvalue weighted by Crippen LogP contribution is -2.53. The third kappa shape index (κ3) is 1.38. The van der Waals surface area contributed by atoms with Gasteiger partial charge in [0.15, 0.2) is 5.78 Å².